The molecular weight excluding hydrogens is 503 g/mol. The summed E-state index contributed by atoms with van der Waals surface area (Å²) in [5, 5.41) is 3.86. The van der Waals surface area contributed by atoms with E-state index in [1.54, 1.807) is 24.3 Å². The molecule has 3 aromatic rings. The first kappa shape index (κ1) is 22.0. The number of rotatable bonds is 7. The van der Waals surface area contributed by atoms with Gasteiger partial charge in [-0.3, -0.25) is 4.79 Å². The van der Waals surface area contributed by atoms with Gasteiger partial charge in [-0.15, -0.1) is 23.5 Å². The molecule has 5 nitrogen and oxygen atoms in total. The number of amides is 1. The van der Waals surface area contributed by atoms with Crippen molar-refractivity contribution in [3.05, 3.63) is 76.2 Å². The molecule has 9 heteroatoms. The second kappa shape index (κ2) is 10.4. The topological polar surface area (TPSA) is 63.8 Å². The highest BCUT2D eigenvalue weighted by molar-refractivity contribution is 9.10. The van der Waals surface area contributed by atoms with E-state index in [0.29, 0.717) is 31.9 Å². The second-order valence-electron chi connectivity index (χ2n) is 6.55. The first-order valence-corrected chi connectivity index (χ1v) is 12.3. The highest BCUT2D eigenvalue weighted by Crippen LogP contribution is 2.45. The molecule has 1 N–H and O–H groups in total. The minimum absolute atomic E-state index is 0.156. The molecule has 0 spiro atoms. The summed E-state index contributed by atoms with van der Waals surface area (Å²) < 4.78 is 26.2. The van der Waals surface area contributed by atoms with Crippen LogP contribution < -0.4 is 10.2 Å². The van der Waals surface area contributed by atoms with E-state index in [0.717, 1.165) is 0 Å². The van der Waals surface area contributed by atoms with Crippen molar-refractivity contribution in [2.75, 3.05) is 18.1 Å². The molecule has 0 bridgehead atoms. The van der Waals surface area contributed by atoms with Crippen molar-refractivity contribution in [1.29, 1.82) is 0 Å². The van der Waals surface area contributed by atoms with Gasteiger partial charge < -0.3 is 9.15 Å². The van der Waals surface area contributed by atoms with E-state index in [2.05, 4.69) is 26.5 Å². The maximum atomic E-state index is 14.0. The van der Waals surface area contributed by atoms with E-state index in [1.807, 2.05) is 47.8 Å². The lowest BCUT2D eigenvalue weighted by atomic mass is 10.1. The van der Waals surface area contributed by atoms with Gasteiger partial charge in [0.25, 0.3) is 5.91 Å². The first-order chi connectivity index (χ1) is 15.1. The minimum atomic E-state index is -0.397. The monoisotopic (exact) mass is 520 g/mol. The van der Waals surface area contributed by atoms with Crippen LogP contribution in [0.2, 0.25) is 0 Å². The molecule has 31 heavy (non-hydrogen) atoms. The number of thioether (sulfide) groups is 2. The Balaban J connectivity index is 1.25. The van der Waals surface area contributed by atoms with Gasteiger partial charge in [0.2, 0.25) is 0 Å². The van der Waals surface area contributed by atoms with Crippen LogP contribution in [0.4, 0.5) is 4.39 Å². The van der Waals surface area contributed by atoms with Crippen LogP contribution in [0.5, 0.6) is 5.75 Å². The van der Waals surface area contributed by atoms with Gasteiger partial charge in [0.05, 0.1) is 16.4 Å². The fraction of sp³-hybridized carbons (Fsp3) is 0.182. The average Bonchev–Trinajstić information content (AvgIpc) is 3.45. The number of ether oxygens (including phenoxy) is 1. The van der Waals surface area contributed by atoms with E-state index >= 15 is 0 Å². The lowest BCUT2D eigenvalue weighted by molar-refractivity contribution is -0.123. The number of hydrazone groups is 1. The Bertz CT molecular complexity index is 1080. The number of halogens is 2. The van der Waals surface area contributed by atoms with Crippen LogP contribution >= 0.6 is 39.5 Å². The molecular formula is C22H18BrFN2O3S2. The SMILES string of the molecule is O=C(COc1ccc(C2SCCS2)cc1)N/N=C\c1ccc(-c2ccc(Br)cc2F)o1. The Morgan fingerprint density at radius 3 is 2.71 bits per heavy atom. The van der Waals surface area contributed by atoms with Crippen molar-refractivity contribution in [3.63, 3.8) is 0 Å². The molecule has 2 heterocycles. The molecule has 4 rings (SSSR count). The average molecular weight is 521 g/mol. The van der Waals surface area contributed by atoms with E-state index in [-0.39, 0.29) is 6.61 Å². The van der Waals surface area contributed by atoms with Gasteiger partial charge in [0.1, 0.15) is 23.1 Å². The zero-order valence-electron chi connectivity index (χ0n) is 16.2. The number of carbonyl (C=O) groups is 1. The number of hydrogen-bond acceptors (Lipinski definition) is 6. The maximum Gasteiger partial charge on any atom is 0.277 e. The van der Waals surface area contributed by atoms with Crippen LogP contribution in [0.3, 0.4) is 0 Å². The number of nitrogens with one attached hydrogen (secondary N) is 1. The maximum absolute atomic E-state index is 14.0. The lowest BCUT2D eigenvalue weighted by Gasteiger charge is -2.09. The summed E-state index contributed by atoms with van der Waals surface area (Å²) in [6, 6.07) is 15.8. The van der Waals surface area contributed by atoms with Gasteiger partial charge in [-0.05, 0) is 48.0 Å². The Morgan fingerprint density at radius 2 is 1.97 bits per heavy atom. The van der Waals surface area contributed by atoms with Crippen molar-refractivity contribution < 1.29 is 18.3 Å². The predicted octanol–water partition coefficient (Wildman–Crippen LogP) is 5.86. The van der Waals surface area contributed by atoms with E-state index in [9.17, 15) is 9.18 Å². The molecule has 0 saturated carbocycles. The first-order valence-electron chi connectivity index (χ1n) is 9.41. The van der Waals surface area contributed by atoms with Crippen molar-refractivity contribution in [2.24, 2.45) is 5.10 Å². The fourth-order valence-electron chi connectivity index (χ4n) is 2.88. The van der Waals surface area contributed by atoms with E-state index < -0.39 is 11.7 Å². The van der Waals surface area contributed by atoms with E-state index in [1.165, 1.54) is 29.4 Å². The van der Waals surface area contributed by atoms with Gasteiger partial charge in [-0.25, -0.2) is 9.82 Å². The lowest BCUT2D eigenvalue weighted by Crippen LogP contribution is -2.24. The molecule has 2 aromatic carbocycles. The summed E-state index contributed by atoms with van der Waals surface area (Å²) in [6.07, 6.45) is 1.35. The molecule has 1 saturated heterocycles. The third kappa shape index (κ3) is 5.93. The summed E-state index contributed by atoms with van der Waals surface area (Å²) in [6.45, 7) is -0.156. The van der Waals surface area contributed by atoms with Crippen LogP contribution in [-0.2, 0) is 4.79 Å². The number of furan rings is 1. The Labute approximate surface area is 195 Å². The fourth-order valence-corrected chi connectivity index (χ4v) is 6.07. The summed E-state index contributed by atoms with van der Waals surface area (Å²) >= 11 is 7.11. The molecule has 1 fully saturated rings. The van der Waals surface area contributed by atoms with Crippen LogP contribution in [0.15, 0.2) is 68.6 Å². The molecule has 0 radical (unpaired) electrons. The van der Waals surface area contributed by atoms with Gasteiger partial charge in [-0.1, -0.05) is 28.1 Å². The molecule has 0 atom stereocenters. The molecule has 1 aliphatic heterocycles. The van der Waals surface area contributed by atoms with Crippen LogP contribution in [0.25, 0.3) is 11.3 Å². The van der Waals surface area contributed by atoms with Crippen LogP contribution in [0, 0.1) is 5.82 Å². The predicted molar refractivity (Wildman–Crippen MR) is 127 cm³/mol. The largest absolute Gasteiger partial charge is 0.484 e. The molecule has 1 aliphatic rings. The highest BCUT2D eigenvalue weighted by Gasteiger charge is 2.18. The van der Waals surface area contributed by atoms with Crippen LogP contribution in [0.1, 0.15) is 15.9 Å². The summed E-state index contributed by atoms with van der Waals surface area (Å²) in [7, 11) is 0. The minimum Gasteiger partial charge on any atom is -0.484 e. The summed E-state index contributed by atoms with van der Waals surface area (Å²) in [4.78, 5) is 11.9. The van der Waals surface area contributed by atoms with Gasteiger partial charge in [0.15, 0.2) is 6.61 Å². The third-order valence-corrected chi connectivity index (χ3v) is 7.95. The summed E-state index contributed by atoms with van der Waals surface area (Å²) in [5.74, 6) is 2.95. The molecule has 0 unspecified atom stereocenters. The zero-order chi connectivity index (χ0) is 21.6. The normalized spacial score (nSPS) is 14.3. The standard InChI is InChI=1S/C22H18BrFN2O3S2/c23-15-3-7-18(19(24)11-15)20-8-6-17(29-20)12-25-26-21(27)13-28-16-4-1-14(2-5-16)22-30-9-10-31-22/h1-8,11-12,22H,9-10,13H2,(H,26,27)/b25-12-. The zero-order valence-corrected chi connectivity index (χ0v) is 19.4. The van der Waals surface area contributed by atoms with Crippen molar-refractivity contribution >= 4 is 51.6 Å². The van der Waals surface area contributed by atoms with E-state index in [4.69, 9.17) is 9.15 Å². The quantitative estimate of drug-likeness (QED) is 0.312. The number of nitrogens with zero attached hydrogens (tertiary/aromatic N) is 1. The molecule has 1 amide bonds. The van der Waals surface area contributed by atoms with Gasteiger partial charge >= 0.3 is 0 Å². The Hall–Kier alpha value is -2.23. The number of benzene rings is 2. The summed E-state index contributed by atoms with van der Waals surface area (Å²) in [5.41, 5.74) is 3.99. The number of carbonyl (C=O) groups excluding carboxylic acids is 1. The third-order valence-electron chi connectivity index (χ3n) is 4.35. The van der Waals surface area contributed by atoms with Crippen molar-refractivity contribution in [3.8, 4) is 17.1 Å². The Kier molecular flexibility index (Phi) is 7.37. The van der Waals surface area contributed by atoms with Crippen molar-refractivity contribution in [2.45, 2.75) is 4.58 Å². The van der Waals surface area contributed by atoms with Gasteiger partial charge in [0, 0.05) is 16.0 Å². The highest BCUT2D eigenvalue weighted by atomic mass is 79.9. The second-order valence-corrected chi connectivity index (χ2v) is 10.2. The van der Waals surface area contributed by atoms with Gasteiger partial charge in [-0.2, -0.15) is 5.10 Å². The van der Waals surface area contributed by atoms with Crippen LogP contribution in [-0.4, -0.2) is 30.2 Å². The van der Waals surface area contributed by atoms with Crippen molar-refractivity contribution in [1.82, 2.24) is 5.43 Å². The molecule has 1 aromatic heterocycles. The number of hydrogen-bond donors (Lipinski definition) is 1. The molecule has 160 valence electrons. The Morgan fingerprint density at radius 1 is 1.19 bits per heavy atom. The molecule has 0 aliphatic carbocycles. The smallest absolute Gasteiger partial charge is 0.277 e.